The molecule has 2 N–H and O–H groups in total. The summed E-state index contributed by atoms with van der Waals surface area (Å²) in [5.74, 6) is -0.164. The molecule has 0 aliphatic heterocycles. The lowest BCUT2D eigenvalue weighted by Gasteiger charge is -2.07. The summed E-state index contributed by atoms with van der Waals surface area (Å²) in [6, 6.07) is 6.91. The number of halogens is 1. The zero-order chi connectivity index (χ0) is 16.5. The van der Waals surface area contributed by atoms with Crippen LogP contribution in [0.15, 0.2) is 36.9 Å². The van der Waals surface area contributed by atoms with Gasteiger partial charge in [-0.05, 0) is 30.7 Å². The molecule has 0 aliphatic rings. The predicted octanol–water partition coefficient (Wildman–Crippen LogP) is 1.86. The molecule has 0 spiro atoms. The highest BCUT2D eigenvalue weighted by Crippen LogP contribution is 2.13. The van der Waals surface area contributed by atoms with Crippen LogP contribution >= 0.6 is 11.6 Å². The van der Waals surface area contributed by atoms with Crippen molar-refractivity contribution in [3.8, 4) is 0 Å². The Labute approximate surface area is 139 Å². The van der Waals surface area contributed by atoms with Crippen LogP contribution in [0.4, 0.5) is 5.69 Å². The zero-order valence-corrected chi connectivity index (χ0v) is 13.3. The first-order chi connectivity index (χ1) is 11.1. The highest BCUT2D eigenvalue weighted by Gasteiger charge is 2.04. The van der Waals surface area contributed by atoms with Gasteiger partial charge in [0.2, 0.25) is 11.8 Å². The van der Waals surface area contributed by atoms with Crippen LogP contribution in [-0.2, 0) is 16.1 Å². The third kappa shape index (κ3) is 6.48. The van der Waals surface area contributed by atoms with Crippen molar-refractivity contribution in [2.75, 3.05) is 11.9 Å². The summed E-state index contributed by atoms with van der Waals surface area (Å²) in [5.41, 5.74) is 0.705. The van der Waals surface area contributed by atoms with Crippen LogP contribution in [0.2, 0.25) is 5.02 Å². The number of aryl methyl sites for hydroxylation is 1. The van der Waals surface area contributed by atoms with Gasteiger partial charge in [0, 0.05) is 30.1 Å². The topological polar surface area (TPSA) is 88.9 Å². The number of hydrogen-bond acceptors (Lipinski definition) is 4. The Balaban J connectivity index is 1.56. The number of hydrogen-bond donors (Lipinski definition) is 2. The van der Waals surface area contributed by atoms with Crippen molar-refractivity contribution >= 4 is 29.1 Å². The molecule has 2 amide bonds. The Bertz CT molecular complexity index is 628. The first-order valence-electron chi connectivity index (χ1n) is 7.28. The lowest BCUT2D eigenvalue weighted by Crippen LogP contribution is -2.26. The van der Waals surface area contributed by atoms with Crippen LogP contribution in [0.1, 0.15) is 19.3 Å². The average Bonchev–Trinajstić information content (AvgIpc) is 3.05. The lowest BCUT2D eigenvalue weighted by atomic mass is 10.2. The maximum Gasteiger partial charge on any atom is 0.224 e. The summed E-state index contributed by atoms with van der Waals surface area (Å²) >= 11 is 5.78. The molecule has 1 heterocycles. The van der Waals surface area contributed by atoms with Gasteiger partial charge in [-0.1, -0.05) is 11.6 Å². The molecule has 0 saturated heterocycles. The van der Waals surface area contributed by atoms with Crippen LogP contribution in [-0.4, -0.2) is 33.1 Å². The second-order valence-corrected chi connectivity index (χ2v) is 5.35. The van der Waals surface area contributed by atoms with E-state index in [4.69, 9.17) is 11.6 Å². The Morgan fingerprint density at radius 3 is 2.61 bits per heavy atom. The molecule has 0 bridgehead atoms. The van der Waals surface area contributed by atoms with E-state index in [9.17, 15) is 9.59 Å². The number of nitrogens with one attached hydrogen (secondary N) is 2. The minimum absolute atomic E-state index is 0.0707. The standard InChI is InChI=1S/C15H18ClN5O2/c16-12-3-5-13(6-4-12)20-15(23)2-1-8-18-14(22)7-9-21-11-17-10-19-21/h3-6,10-11H,1-2,7-9H2,(H,18,22)(H,20,23). The van der Waals surface area contributed by atoms with Gasteiger partial charge in [0.05, 0.1) is 6.54 Å². The molecule has 122 valence electrons. The number of carbonyl (C=O) groups is 2. The van der Waals surface area contributed by atoms with Gasteiger partial charge >= 0.3 is 0 Å². The van der Waals surface area contributed by atoms with E-state index in [2.05, 4.69) is 20.7 Å². The summed E-state index contributed by atoms with van der Waals surface area (Å²) in [7, 11) is 0. The first-order valence-corrected chi connectivity index (χ1v) is 7.66. The van der Waals surface area contributed by atoms with Crippen molar-refractivity contribution in [2.45, 2.75) is 25.8 Å². The molecule has 0 saturated carbocycles. The van der Waals surface area contributed by atoms with Gasteiger partial charge in [-0.25, -0.2) is 4.98 Å². The molecule has 2 aromatic rings. The maximum atomic E-state index is 11.7. The monoisotopic (exact) mass is 335 g/mol. The van der Waals surface area contributed by atoms with Crippen LogP contribution in [0.25, 0.3) is 0 Å². The summed E-state index contributed by atoms with van der Waals surface area (Å²) in [5, 5.41) is 10.1. The molecular formula is C15H18ClN5O2. The van der Waals surface area contributed by atoms with Crippen LogP contribution in [0, 0.1) is 0 Å². The quantitative estimate of drug-likeness (QED) is 0.721. The summed E-state index contributed by atoms with van der Waals surface area (Å²) in [6.07, 6.45) is 4.24. The molecule has 0 atom stereocenters. The number of rotatable bonds is 8. The van der Waals surface area contributed by atoms with Gasteiger partial charge in [-0.2, -0.15) is 5.10 Å². The highest BCUT2D eigenvalue weighted by atomic mass is 35.5. The number of amides is 2. The third-order valence-corrected chi connectivity index (χ3v) is 3.32. The van der Waals surface area contributed by atoms with E-state index < -0.39 is 0 Å². The number of aromatic nitrogens is 3. The second kappa shape index (κ2) is 8.89. The summed E-state index contributed by atoms with van der Waals surface area (Å²) in [6.45, 7) is 0.952. The van der Waals surface area contributed by atoms with Gasteiger partial charge in [0.15, 0.2) is 0 Å². The van der Waals surface area contributed by atoms with Crippen LogP contribution in [0.5, 0.6) is 0 Å². The normalized spacial score (nSPS) is 10.3. The van der Waals surface area contributed by atoms with E-state index in [1.54, 1.807) is 35.3 Å². The first kappa shape index (κ1) is 17.0. The summed E-state index contributed by atoms with van der Waals surface area (Å²) < 4.78 is 1.60. The third-order valence-electron chi connectivity index (χ3n) is 3.07. The van der Waals surface area contributed by atoms with Crippen molar-refractivity contribution in [1.82, 2.24) is 20.1 Å². The Morgan fingerprint density at radius 1 is 1.13 bits per heavy atom. The largest absolute Gasteiger partial charge is 0.356 e. The number of anilines is 1. The van der Waals surface area contributed by atoms with E-state index >= 15 is 0 Å². The Kier molecular flexibility index (Phi) is 6.56. The second-order valence-electron chi connectivity index (χ2n) is 4.92. The average molecular weight is 336 g/mol. The molecular weight excluding hydrogens is 318 g/mol. The van der Waals surface area contributed by atoms with Gasteiger partial charge in [-0.3, -0.25) is 14.3 Å². The number of carbonyl (C=O) groups excluding carboxylic acids is 2. The molecule has 0 fully saturated rings. The molecule has 0 unspecified atom stereocenters. The van der Waals surface area contributed by atoms with E-state index in [0.29, 0.717) is 43.1 Å². The van der Waals surface area contributed by atoms with Crippen molar-refractivity contribution in [3.63, 3.8) is 0 Å². The van der Waals surface area contributed by atoms with Crippen molar-refractivity contribution in [2.24, 2.45) is 0 Å². The van der Waals surface area contributed by atoms with Crippen molar-refractivity contribution in [3.05, 3.63) is 41.9 Å². The smallest absolute Gasteiger partial charge is 0.224 e. The highest BCUT2D eigenvalue weighted by molar-refractivity contribution is 6.30. The molecule has 0 aliphatic carbocycles. The van der Waals surface area contributed by atoms with E-state index in [1.807, 2.05) is 0 Å². The van der Waals surface area contributed by atoms with E-state index in [-0.39, 0.29) is 11.8 Å². The van der Waals surface area contributed by atoms with Crippen LogP contribution in [0.3, 0.4) is 0 Å². The van der Waals surface area contributed by atoms with Gasteiger partial charge < -0.3 is 10.6 Å². The number of nitrogens with zero attached hydrogens (tertiary/aromatic N) is 3. The predicted molar refractivity (Wildman–Crippen MR) is 87.0 cm³/mol. The molecule has 0 radical (unpaired) electrons. The van der Waals surface area contributed by atoms with Gasteiger partial charge in [-0.15, -0.1) is 0 Å². The van der Waals surface area contributed by atoms with Crippen molar-refractivity contribution in [1.29, 1.82) is 0 Å². The fourth-order valence-electron chi connectivity index (χ4n) is 1.89. The van der Waals surface area contributed by atoms with Gasteiger partial charge in [0.1, 0.15) is 12.7 Å². The molecule has 8 heteroatoms. The lowest BCUT2D eigenvalue weighted by molar-refractivity contribution is -0.121. The molecule has 2 rings (SSSR count). The molecule has 1 aromatic carbocycles. The van der Waals surface area contributed by atoms with E-state index in [1.165, 1.54) is 6.33 Å². The molecule has 1 aromatic heterocycles. The fourth-order valence-corrected chi connectivity index (χ4v) is 2.01. The van der Waals surface area contributed by atoms with Gasteiger partial charge in [0.25, 0.3) is 0 Å². The SMILES string of the molecule is O=C(CCn1cncn1)NCCCC(=O)Nc1ccc(Cl)cc1. The zero-order valence-electron chi connectivity index (χ0n) is 12.5. The fraction of sp³-hybridized carbons (Fsp3) is 0.333. The summed E-state index contributed by atoms with van der Waals surface area (Å²) in [4.78, 5) is 27.2. The minimum atomic E-state index is -0.0933. The Hall–Kier alpha value is -2.41. The van der Waals surface area contributed by atoms with E-state index in [0.717, 1.165) is 0 Å². The Morgan fingerprint density at radius 2 is 1.91 bits per heavy atom. The maximum absolute atomic E-state index is 11.7. The molecule has 23 heavy (non-hydrogen) atoms. The van der Waals surface area contributed by atoms with Crippen molar-refractivity contribution < 1.29 is 9.59 Å². The minimum Gasteiger partial charge on any atom is -0.356 e. The van der Waals surface area contributed by atoms with Crippen LogP contribution < -0.4 is 10.6 Å². The molecule has 7 nitrogen and oxygen atoms in total. The number of benzene rings is 1.